The Morgan fingerprint density at radius 2 is 1.66 bits per heavy atom. The van der Waals surface area contributed by atoms with Crippen molar-refractivity contribution in [1.82, 2.24) is 4.98 Å². The number of pyridine rings is 1. The van der Waals surface area contributed by atoms with Crippen LogP contribution in [0.3, 0.4) is 0 Å². The number of aromatic nitrogens is 1. The summed E-state index contributed by atoms with van der Waals surface area (Å²) in [5.41, 5.74) is 5.55. The molecule has 0 spiro atoms. The number of nitrogens with one attached hydrogen (secondary N) is 1. The number of carbonyl (C=O) groups excluding carboxylic acids is 1. The van der Waals surface area contributed by atoms with Crippen molar-refractivity contribution in [3.05, 3.63) is 107 Å². The van der Waals surface area contributed by atoms with Gasteiger partial charge in [0.2, 0.25) is 5.91 Å². The maximum Gasteiger partial charge on any atom is 0.228 e. The van der Waals surface area contributed by atoms with Crippen LogP contribution >= 0.6 is 11.6 Å². The number of benzene rings is 4. The molecule has 1 aromatic heterocycles. The number of rotatable bonds is 4. The second-order valence-electron chi connectivity index (χ2n) is 7.95. The van der Waals surface area contributed by atoms with Gasteiger partial charge in [-0.3, -0.25) is 4.79 Å². The van der Waals surface area contributed by atoms with Crippen molar-refractivity contribution < 1.29 is 4.79 Å². The molecule has 0 unspecified atom stereocenters. The van der Waals surface area contributed by atoms with Crippen molar-refractivity contribution in [2.45, 2.75) is 13.3 Å². The zero-order chi connectivity index (χ0) is 22.1. The van der Waals surface area contributed by atoms with Crippen molar-refractivity contribution in [1.29, 1.82) is 0 Å². The zero-order valence-corrected chi connectivity index (χ0v) is 18.4. The standard InChI is InChI=1S/C28H21ClN2O/c1-18-6-13-23(14-7-18)30-27(32)17-21-16-26(20-8-11-22(29)12-9-20)31-25-15-10-19-4-2-3-5-24(19)28(21)25/h2-16H,17H2,1H3,(H,30,32). The van der Waals surface area contributed by atoms with Crippen LogP contribution < -0.4 is 5.32 Å². The lowest BCUT2D eigenvalue weighted by Gasteiger charge is -2.13. The van der Waals surface area contributed by atoms with Crippen LogP contribution in [0, 0.1) is 6.92 Å². The molecule has 0 aliphatic carbocycles. The summed E-state index contributed by atoms with van der Waals surface area (Å²) < 4.78 is 0. The molecule has 1 heterocycles. The van der Waals surface area contributed by atoms with Gasteiger partial charge in [-0.25, -0.2) is 4.98 Å². The monoisotopic (exact) mass is 436 g/mol. The second kappa shape index (κ2) is 8.45. The zero-order valence-electron chi connectivity index (χ0n) is 17.6. The fourth-order valence-electron chi connectivity index (χ4n) is 4.01. The highest BCUT2D eigenvalue weighted by molar-refractivity contribution is 6.30. The third-order valence-corrected chi connectivity index (χ3v) is 5.86. The Kier molecular flexibility index (Phi) is 5.34. The van der Waals surface area contributed by atoms with E-state index >= 15 is 0 Å². The molecule has 1 N–H and O–H groups in total. The van der Waals surface area contributed by atoms with Crippen LogP contribution in [0.2, 0.25) is 5.02 Å². The topological polar surface area (TPSA) is 42.0 Å². The minimum Gasteiger partial charge on any atom is -0.326 e. The lowest BCUT2D eigenvalue weighted by Crippen LogP contribution is -2.15. The Morgan fingerprint density at radius 3 is 2.44 bits per heavy atom. The van der Waals surface area contributed by atoms with E-state index in [-0.39, 0.29) is 12.3 Å². The molecule has 4 heteroatoms. The van der Waals surface area contributed by atoms with Gasteiger partial charge in [-0.1, -0.05) is 71.8 Å². The van der Waals surface area contributed by atoms with Gasteiger partial charge in [-0.2, -0.15) is 0 Å². The first kappa shape index (κ1) is 20.2. The quantitative estimate of drug-likeness (QED) is 0.303. The number of fused-ring (bicyclic) bond motifs is 3. The highest BCUT2D eigenvalue weighted by atomic mass is 35.5. The Hall–Kier alpha value is -3.69. The summed E-state index contributed by atoms with van der Waals surface area (Å²) >= 11 is 6.07. The van der Waals surface area contributed by atoms with Crippen LogP contribution in [0.4, 0.5) is 5.69 Å². The number of amides is 1. The summed E-state index contributed by atoms with van der Waals surface area (Å²) in [5, 5.41) is 6.93. The van der Waals surface area contributed by atoms with E-state index in [1.54, 1.807) is 0 Å². The van der Waals surface area contributed by atoms with Crippen LogP contribution in [-0.4, -0.2) is 10.9 Å². The van der Waals surface area contributed by atoms with E-state index in [0.717, 1.165) is 49.7 Å². The van der Waals surface area contributed by atoms with Gasteiger partial charge in [-0.15, -0.1) is 0 Å². The van der Waals surface area contributed by atoms with E-state index in [2.05, 4.69) is 23.5 Å². The first-order chi connectivity index (χ1) is 15.6. The number of hydrogen-bond donors (Lipinski definition) is 1. The molecule has 3 nitrogen and oxygen atoms in total. The van der Waals surface area contributed by atoms with Gasteiger partial charge in [0.25, 0.3) is 0 Å². The summed E-state index contributed by atoms with van der Waals surface area (Å²) in [5.74, 6) is -0.0589. The minimum absolute atomic E-state index is 0.0589. The van der Waals surface area contributed by atoms with Crippen molar-refractivity contribution in [2.24, 2.45) is 0 Å². The van der Waals surface area contributed by atoms with Crippen molar-refractivity contribution in [3.63, 3.8) is 0 Å². The van der Waals surface area contributed by atoms with Crippen LogP contribution in [0.25, 0.3) is 32.9 Å². The molecular weight excluding hydrogens is 416 g/mol. The Morgan fingerprint density at radius 1 is 0.906 bits per heavy atom. The molecule has 4 aromatic carbocycles. The number of anilines is 1. The highest BCUT2D eigenvalue weighted by Gasteiger charge is 2.14. The Balaban J connectivity index is 1.61. The summed E-state index contributed by atoms with van der Waals surface area (Å²) in [6, 6.07) is 29.8. The molecule has 0 aliphatic rings. The molecule has 5 aromatic rings. The molecule has 0 saturated heterocycles. The van der Waals surface area contributed by atoms with E-state index < -0.39 is 0 Å². The van der Waals surface area contributed by atoms with Crippen molar-refractivity contribution in [2.75, 3.05) is 5.32 Å². The van der Waals surface area contributed by atoms with Gasteiger partial charge in [0.05, 0.1) is 17.6 Å². The summed E-state index contributed by atoms with van der Waals surface area (Å²) in [7, 11) is 0. The summed E-state index contributed by atoms with van der Waals surface area (Å²) in [4.78, 5) is 17.9. The largest absolute Gasteiger partial charge is 0.326 e. The normalized spacial score (nSPS) is 11.1. The maximum atomic E-state index is 13.0. The summed E-state index contributed by atoms with van der Waals surface area (Å²) in [6.45, 7) is 2.03. The molecule has 0 fully saturated rings. The fourth-order valence-corrected chi connectivity index (χ4v) is 4.14. The SMILES string of the molecule is Cc1ccc(NC(=O)Cc2cc(-c3ccc(Cl)cc3)nc3ccc4ccccc4c23)cc1. The lowest BCUT2D eigenvalue weighted by atomic mass is 9.97. The predicted molar refractivity (Wildman–Crippen MR) is 133 cm³/mol. The average molecular weight is 437 g/mol. The van der Waals surface area contributed by atoms with E-state index in [1.165, 1.54) is 0 Å². The molecule has 1 amide bonds. The molecule has 0 bridgehead atoms. The van der Waals surface area contributed by atoms with Crippen LogP contribution in [0.15, 0.2) is 91.0 Å². The fraction of sp³-hybridized carbons (Fsp3) is 0.0714. The van der Waals surface area contributed by atoms with Gasteiger partial charge < -0.3 is 5.32 Å². The Bertz CT molecular complexity index is 1440. The third-order valence-electron chi connectivity index (χ3n) is 5.61. The smallest absolute Gasteiger partial charge is 0.228 e. The van der Waals surface area contributed by atoms with E-state index in [1.807, 2.05) is 79.7 Å². The molecule has 0 aliphatic heterocycles. The van der Waals surface area contributed by atoms with Crippen LogP contribution in [-0.2, 0) is 11.2 Å². The van der Waals surface area contributed by atoms with Crippen molar-refractivity contribution in [3.8, 4) is 11.3 Å². The van der Waals surface area contributed by atoms with Gasteiger partial charge in [-0.05, 0) is 59.7 Å². The number of nitrogens with zero attached hydrogens (tertiary/aromatic N) is 1. The average Bonchev–Trinajstić information content (AvgIpc) is 2.80. The predicted octanol–water partition coefficient (Wildman–Crippen LogP) is 7.20. The molecule has 156 valence electrons. The molecular formula is C28H21ClN2O. The summed E-state index contributed by atoms with van der Waals surface area (Å²) in [6.07, 6.45) is 0.251. The van der Waals surface area contributed by atoms with Gasteiger partial charge in [0.15, 0.2) is 0 Å². The van der Waals surface area contributed by atoms with Gasteiger partial charge in [0, 0.05) is 21.7 Å². The van der Waals surface area contributed by atoms with E-state index in [4.69, 9.17) is 16.6 Å². The van der Waals surface area contributed by atoms with Crippen LogP contribution in [0.1, 0.15) is 11.1 Å². The highest BCUT2D eigenvalue weighted by Crippen LogP contribution is 2.31. The second-order valence-corrected chi connectivity index (χ2v) is 8.38. The first-order valence-corrected chi connectivity index (χ1v) is 10.9. The van der Waals surface area contributed by atoms with E-state index in [0.29, 0.717) is 5.02 Å². The molecule has 32 heavy (non-hydrogen) atoms. The lowest BCUT2D eigenvalue weighted by molar-refractivity contribution is -0.115. The molecule has 0 atom stereocenters. The number of aryl methyl sites for hydroxylation is 1. The van der Waals surface area contributed by atoms with E-state index in [9.17, 15) is 4.79 Å². The van der Waals surface area contributed by atoms with Crippen LogP contribution in [0.5, 0.6) is 0 Å². The molecule has 0 radical (unpaired) electrons. The number of hydrogen-bond acceptors (Lipinski definition) is 2. The molecule has 0 saturated carbocycles. The van der Waals surface area contributed by atoms with Gasteiger partial charge in [0.1, 0.15) is 0 Å². The number of halogens is 1. The first-order valence-electron chi connectivity index (χ1n) is 10.5. The maximum absolute atomic E-state index is 13.0. The van der Waals surface area contributed by atoms with Crippen molar-refractivity contribution >= 4 is 44.9 Å². The minimum atomic E-state index is -0.0589. The third kappa shape index (κ3) is 4.08. The molecule has 5 rings (SSSR count). The van der Waals surface area contributed by atoms with Gasteiger partial charge >= 0.3 is 0 Å². The Labute approximate surface area is 191 Å². The number of carbonyl (C=O) groups is 1.